The number of guanidine groups is 1. The highest BCUT2D eigenvalue weighted by Gasteiger charge is 2.15. The first kappa shape index (κ1) is 12.9. The second kappa shape index (κ2) is 5.42. The molecule has 3 heteroatoms. The second-order valence-electron chi connectivity index (χ2n) is 5.33. The van der Waals surface area contributed by atoms with Gasteiger partial charge in [0.2, 0.25) is 0 Å². The zero-order valence-corrected chi connectivity index (χ0v) is 11.6. The maximum absolute atomic E-state index is 6.11. The third kappa shape index (κ3) is 3.03. The minimum Gasteiger partial charge on any atom is -0.370 e. The maximum atomic E-state index is 6.11. The Labute approximate surface area is 110 Å². The summed E-state index contributed by atoms with van der Waals surface area (Å²) in [6.45, 7) is 4.21. The van der Waals surface area contributed by atoms with Crippen LogP contribution in [0.3, 0.4) is 0 Å². The van der Waals surface area contributed by atoms with E-state index < -0.39 is 0 Å². The van der Waals surface area contributed by atoms with Crippen LogP contribution in [0.5, 0.6) is 0 Å². The van der Waals surface area contributed by atoms with Crippen LogP contribution in [0.15, 0.2) is 23.2 Å². The van der Waals surface area contributed by atoms with Gasteiger partial charge in [-0.15, -0.1) is 0 Å². The molecule has 0 amide bonds. The predicted octanol–water partition coefficient (Wildman–Crippen LogP) is 3.00. The van der Waals surface area contributed by atoms with Gasteiger partial charge in [-0.2, -0.15) is 0 Å². The molecule has 1 saturated carbocycles. The molecule has 1 aromatic carbocycles. The summed E-state index contributed by atoms with van der Waals surface area (Å²) in [5.74, 6) is 0.631. The van der Waals surface area contributed by atoms with Crippen molar-refractivity contribution in [2.24, 2.45) is 10.7 Å². The highest BCUT2D eigenvalue weighted by atomic mass is 15.2. The molecule has 0 aliphatic heterocycles. The number of anilines is 1. The SMILES string of the molecule is Cc1cc(C)cc(N(C)C(N)=NC2CCCC2)c1. The van der Waals surface area contributed by atoms with E-state index in [4.69, 9.17) is 5.73 Å². The van der Waals surface area contributed by atoms with E-state index in [0.717, 1.165) is 5.69 Å². The molecule has 2 N–H and O–H groups in total. The first-order valence-corrected chi connectivity index (χ1v) is 6.71. The fourth-order valence-electron chi connectivity index (χ4n) is 2.58. The van der Waals surface area contributed by atoms with Crippen molar-refractivity contribution < 1.29 is 0 Å². The van der Waals surface area contributed by atoms with Crippen molar-refractivity contribution in [3.8, 4) is 0 Å². The molecule has 1 fully saturated rings. The van der Waals surface area contributed by atoms with E-state index in [-0.39, 0.29) is 0 Å². The molecule has 0 bridgehead atoms. The van der Waals surface area contributed by atoms with Gasteiger partial charge in [0.1, 0.15) is 0 Å². The van der Waals surface area contributed by atoms with Gasteiger partial charge in [-0.25, -0.2) is 4.99 Å². The minimum atomic E-state index is 0.429. The molecular weight excluding hydrogens is 222 g/mol. The van der Waals surface area contributed by atoms with Crippen molar-refractivity contribution in [1.29, 1.82) is 0 Å². The Kier molecular flexibility index (Phi) is 3.90. The molecule has 0 saturated heterocycles. The number of rotatable bonds is 2. The molecule has 0 unspecified atom stereocenters. The highest BCUT2D eigenvalue weighted by molar-refractivity contribution is 5.94. The Hall–Kier alpha value is -1.51. The lowest BCUT2D eigenvalue weighted by molar-refractivity contribution is 0.703. The molecule has 2 rings (SSSR count). The van der Waals surface area contributed by atoms with E-state index in [1.165, 1.54) is 36.8 Å². The van der Waals surface area contributed by atoms with Crippen LogP contribution in [-0.4, -0.2) is 19.0 Å². The first-order valence-electron chi connectivity index (χ1n) is 6.71. The largest absolute Gasteiger partial charge is 0.370 e. The zero-order chi connectivity index (χ0) is 13.1. The Bertz CT molecular complexity index is 425. The minimum absolute atomic E-state index is 0.429. The van der Waals surface area contributed by atoms with Gasteiger partial charge in [0.25, 0.3) is 0 Å². The topological polar surface area (TPSA) is 41.6 Å². The van der Waals surface area contributed by atoms with Gasteiger partial charge < -0.3 is 10.6 Å². The maximum Gasteiger partial charge on any atom is 0.195 e. The van der Waals surface area contributed by atoms with E-state index in [0.29, 0.717) is 12.0 Å². The summed E-state index contributed by atoms with van der Waals surface area (Å²) in [7, 11) is 1.99. The Morgan fingerprint density at radius 2 is 1.72 bits per heavy atom. The Balaban J connectivity index is 2.16. The zero-order valence-electron chi connectivity index (χ0n) is 11.6. The third-order valence-electron chi connectivity index (χ3n) is 3.58. The lowest BCUT2D eigenvalue weighted by Gasteiger charge is -2.20. The smallest absolute Gasteiger partial charge is 0.195 e. The van der Waals surface area contributed by atoms with E-state index in [9.17, 15) is 0 Å². The molecule has 0 spiro atoms. The van der Waals surface area contributed by atoms with Gasteiger partial charge >= 0.3 is 0 Å². The monoisotopic (exact) mass is 245 g/mol. The number of nitrogens with zero attached hydrogens (tertiary/aromatic N) is 2. The van der Waals surface area contributed by atoms with Crippen molar-refractivity contribution in [3.63, 3.8) is 0 Å². The predicted molar refractivity (Wildman–Crippen MR) is 78.2 cm³/mol. The number of benzene rings is 1. The molecule has 1 aliphatic carbocycles. The van der Waals surface area contributed by atoms with Gasteiger partial charge in [0.15, 0.2) is 5.96 Å². The summed E-state index contributed by atoms with van der Waals surface area (Å²) in [6, 6.07) is 6.88. The summed E-state index contributed by atoms with van der Waals surface area (Å²) < 4.78 is 0. The van der Waals surface area contributed by atoms with Crippen LogP contribution in [0.1, 0.15) is 36.8 Å². The van der Waals surface area contributed by atoms with Gasteiger partial charge in [0, 0.05) is 12.7 Å². The van der Waals surface area contributed by atoms with Gasteiger partial charge in [-0.05, 0) is 49.9 Å². The highest BCUT2D eigenvalue weighted by Crippen LogP contribution is 2.22. The van der Waals surface area contributed by atoms with E-state index in [1.54, 1.807) is 0 Å². The molecule has 18 heavy (non-hydrogen) atoms. The summed E-state index contributed by atoms with van der Waals surface area (Å²) in [4.78, 5) is 6.62. The quantitative estimate of drug-likeness (QED) is 0.643. The van der Waals surface area contributed by atoms with Crippen LogP contribution in [0.4, 0.5) is 5.69 Å². The lowest BCUT2D eigenvalue weighted by Crippen LogP contribution is -2.35. The average molecular weight is 245 g/mol. The van der Waals surface area contributed by atoms with Crippen LogP contribution < -0.4 is 10.6 Å². The van der Waals surface area contributed by atoms with Crippen molar-refractivity contribution in [2.75, 3.05) is 11.9 Å². The Morgan fingerprint density at radius 3 is 2.28 bits per heavy atom. The van der Waals surface area contributed by atoms with Gasteiger partial charge in [-0.1, -0.05) is 18.9 Å². The normalized spacial score (nSPS) is 17.2. The molecule has 1 aliphatic rings. The number of hydrogen-bond donors (Lipinski definition) is 1. The molecule has 0 radical (unpaired) electrons. The fraction of sp³-hybridized carbons (Fsp3) is 0.533. The Morgan fingerprint density at radius 1 is 1.17 bits per heavy atom. The number of aliphatic imine (C=N–C) groups is 1. The van der Waals surface area contributed by atoms with Crippen LogP contribution >= 0.6 is 0 Å². The van der Waals surface area contributed by atoms with Crippen molar-refractivity contribution in [3.05, 3.63) is 29.3 Å². The molecule has 98 valence electrons. The number of nitrogens with two attached hydrogens (primary N) is 1. The van der Waals surface area contributed by atoms with Crippen LogP contribution in [0.2, 0.25) is 0 Å². The van der Waals surface area contributed by atoms with Crippen LogP contribution in [-0.2, 0) is 0 Å². The molecule has 3 nitrogen and oxygen atoms in total. The van der Waals surface area contributed by atoms with Crippen LogP contribution in [0, 0.1) is 13.8 Å². The van der Waals surface area contributed by atoms with Crippen molar-refractivity contribution >= 4 is 11.6 Å². The summed E-state index contributed by atoms with van der Waals surface area (Å²) >= 11 is 0. The molecule has 0 aromatic heterocycles. The molecular formula is C15H23N3. The molecule has 0 atom stereocenters. The van der Waals surface area contributed by atoms with Crippen molar-refractivity contribution in [2.45, 2.75) is 45.6 Å². The van der Waals surface area contributed by atoms with E-state index >= 15 is 0 Å². The van der Waals surface area contributed by atoms with Gasteiger partial charge in [-0.3, -0.25) is 0 Å². The number of aryl methyl sites for hydroxylation is 2. The fourth-order valence-corrected chi connectivity index (χ4v) is 2.58. The molecule has 0 heterocycles. The third-order valence-corrected chi connectivity index (χ3v) is 3.58. The van der Waals surface area contributed by atoms with E-state index in [1.807, 2.05) is 11.9 Å². The molecule has 1 aromatic rings. The average Bonchev–Trinajstić information content (AvgIpc) is 2.79. The van der Waals surface area contributed by atoms with Crippen LogP contribution in [0.25, 0.3) is 0 Å². The van der Waals surface area contributed by atoms with Crippen molar-refractivity contribution in [1.82, 2.24) is 0 Å². The number of hydrogen-bond acceptors (Lipinski definition) is 1. The lowest BCUT2D eigenvalue weighted by atomic mass is 10.1. The van der Waals surface area contributed by atoms with Gasteiger partial charge in [0.05, 0.1) is 6.04 Å². The summed E-state index contributed by atoms with van der Waals surface area (Å²) in [6.07, 6.45) is 4.94. The standard InChI is InChI=1S/C15H23N3/c1-11-8-12(2)10-14(9-11)18(3)15(16)17-13-6-4-5-7-13/h8-10,13H,4-7H2,1-3H3,(H2,16,17). The second-order valence-corrected chi connectivity index (χ2v) is 5.33. The summed E-state index contributed by atoms with van der Waals surface area (Å²) in [5.41, 5.74) is 9.73. The first-order chi connectivity index (χ1) is 8.56. The van der Waals surface area contributed by atoms with E-state index in [2.05, 4.69) is 37.0 Å². The summed E-state index contributed by atoms with van der Waals surface area (Å²) in [5, 5.41) is 0.